The van der Waals surface area contributed by atoms with Gasteiger partial charge in [0.25, 0.3) is 0 Å². The van der Waals surface area contributed by atoms with E-state index < -0.39 is 163 Å². The lowest BCUT2D eigenvalue weighted by molar-refractivity contribution is -0.396. The molecule has 0 aromatic carbocycles. The molecule has 4 saturated heterocycles. The molecule has 0 aromatic heterocycles. The molecule has 28 atom stereocenters. The molecule has 78 heavy (non-hydrogen) atoms. The van der Waals surface area contributed by atoms with Gasteiger partial charge in [-0.25, -0.2) is 0 Å². The van der Waals surface area contributed by atoms with Crippen LogP contribution in [0.15, 0.2) is 11.6 Å². The molecule has 0 spiro atoms. The minimum Gasteiger partial charge on any atom is -0.432 e. The van der Waals surface area contributed by atoms with E-state index in [1.165, 1.54) is 19.4 Å². The number of esters is 1. The number of aliphatic hydroxyl groups is 13. The molecule has 4 saturated carbocycles. The second-order valence-corrected chi connectivity index (χ2v) is 27.5. The smallest absolute Gasteiger partial charge is 0.315 e. The fraction of sp³-hybridized carbons (Fsp3) is 0.946. The van der Waals surface area contributed by atoms with E-state index in [1.54, 1.807) is 0 Å². The summed E-state index contributed by atoms with van der Waals surface area (Å²) in [4.78, 5) is 15.4. The average Bonchev–Trinajstić information content (AvgIpc) is 1.50. The third-order valence-corrected chi connectivity index (χ3v) is 23.0. The van der Waals surface area contributed by atoms with Gasteiger partial charge in [0.15, 0.2) is 18.4 Å². The van der Waals surface area contributed by atoms with Gasteiger partial charge in [0.05, 0.1) is 44.1 Å². The van der Waals surface area contributed by atoms with Crippen LogP contribution in [0, 0.1) is 49.2 Å². The predicted octanol–water partition coefficient (Wildman–Crippen LogP) is -0.226. The quantitative estimate of drug-likeness (QED) is 0.0722. The Bertz CT molecular complexity index is 2220. The number of carbonyl (C=O) groups excluding carboxylic acids is 1. The second kappa shape index (κ2) is 20.9. The first-order valence-electron chi connectivity index (χ1n) is 28.4. The molecule has 8 fully saturated rings. The van der Waals surface area contributed by atoms with Crippen LogP contribution in [0.2, 0.25) is 0 Å². The number of carbonyl (C=O) groups is 1. The number of hydrogen-bond acceptors (Lipinski definition) is 22. The van der Waals surface area contributed by atoms with Crippen molar-refractivity contribution in [3.8, 4) is 0 Å². The van der Waals surface area contributed by atoms with E-state index in [4.69, 9.17) is 37.9 Å². The van der Waals surface area contributed by atoms with Crippen LogP contribution in [0.3, 0.4) is 0 Å². The zero-order valence-electron chi connectivity index (χ0n) is 47.0. The van der Waals surface area contributed by atoms with Crippen molar-refractivity contribution in [3.05, 3.63) is 11.6 Å². The normalized spacial score (nSPS) is 56.1. The third kappa shape index (κ3) is 8.97. The van der Waals surface area contributed by atoms with Gasteiger partial charge in [-0.15, -0.1) is 0 Å². The maximum Gasteiger partial charge on any atom is 0.315 e. The molecular weight excluding hydrogens is 1020 g/mol. The molecule has 0 amide bonds. The summed E-state index contributed by atoms with van der Waals surface area (Å²) in [6.45, 7) is 19.0. The third-order valence-electron chi connectivity index (χ3n) is 23.0. The van der Waals surface area contributed by atoms with Gasteiger partial charge in [-0.05, 0) is 111 Å². The Morgan fingerprint density at radius 2 is 1.29 bits per heavy atom. The van der Waals surface area contributed by atoms with Crippen LogP contribution in [-0.4, -0.2) is 221 Å². The molecule has 4 aliphatic heterocycles. The second-order valence-electron chi connectivity index (χ2n) is 27.5. The molecule has 4 heterocycles. The summed E-state index contributed by atoms with van der Waals surface area (Å²) < 4.78 is 47.7. The molecule has 9 aliphatic rings. The topological polar surface area (TPSA) is 354 Å². The molecule has 0 bridgehead atoms. The SMILES string of the molecule is C[C@@H]1O[C@@](C)(O[C@H]2[C@H](O)[C@@H](O)[C@H](OC[C@H]3O[C@@H](OC(=O)[C@]45CCC(C)(C)C[C@]4(C)C4=CC[C@@]6(C)[C@@](C)(CC[C@H]7[C@](C)(CO)[C@@H](O[C@@H]8OC[C@H](O)[C@H](O)[C@H]8O)CC[C@@]76C)[C@]4(C)CC5)[C@H](O)[C@@H](O)[C@@H]3O)O[C@@H]2CO)[C@H](O)[C@H](O)[C@H]1O. The Morgan fingerprint density at radius 3 is 1.96 bits per heavy atom. The number of allylic oxidation sites excluding steroid dienone is 2. The van der Waals surface area contributed by atoms with Crippen molar-refractivity contribution < 1.29 is 109 Å². The maximum atomic E-state index is 15.4. The molecule has 22 nitrogen and oxygen atoms in total. The Morgan fingerprint density at radius 1 is 0.654 bits per heavy atom. The first-order valence-corrected chi connectivity index (χ1v) is 28.4. The summed E-state index contributed by atoms with van der Waals surface area (Å²) >= 11 is 0. The number of fused-ring (bicyclic) bond motifs is 7. The van der Waals surface area contributed by atoms with Gasteiger partial charge in [-0.3, -0.25) is 4.79 Å². The number of aliphatic hydroxyl groups excluding tert-OH is 13. The van der Waals surface area contributed by atoms with Crippen molar-refractivity contribution in [1.29, 1.82) is 0 Å². The monoisotopic (exact) mass is 1120 g/mol. The lowest BCUT2D eigenvalue weighted by atomic mass is 9.27. The van der Waals surface area contributed by atoms with Crippen molar-refractivity contribution in [2.24, 2.45) is 49.2 Å². The maximum absolute atomic E-state index is 15.4. The highest BCUT2D eigenvalue weighted by Crippen LogP contribution is 2.82. The van der Waals surface area contributed by atoms with Crippen molar-refractivity contribution in [1.82, 2.24) is 0 Å². The summed E-state index contributed by atoms with van der Waals surface area (Å²) in [5.41, 5.74) is -2.97. The average molecular weight is 1120 g/mol. The highest BCUT2D eigenvalue weighted by molar-refractivity contribution is 5.80. The van der Waals surface area contributed by atoms with Crippen molar-refractivity contribution in [3.63, 3.8) is 0 Å². The van der Waals surface area contributed by atoms with Crippen LogP contribution >= 0.6 is 0 Å². The molecular formula is C56H92O22. The Hall–Kier alpha value is -1.59. The number of rotatable bonds is 11. The van der Waals surface area contributed by atoms with Crippen LogP contribution in [-0.2, 0) is 42.7 Å². The van der Waals surface area contributed by atoms with Gasteiger partial charge in [0.2, 0.25) is 6.29 Å². The van der Waals surface area contributed by atoms with E-state index in [0.717, 1.165) is 19.3 Å². The zero-order chi connectivity index (χ0) is 57.5. The lowest BCUT2D eigenvalue weighted by Gasteiger charge is -2.77. The molecule has 22 heteroatoms. The molecule has 9 rings (SSSR count). The highest BCUT2D eigenvalue weighted by atomic mass is 16.8. The fourth-order valence-electron chi connectivity index (χ4n) is 17.7. The highest BCUT2D eigenvalue weighted by Gasteiger charge is 2.76. The van der Waals surface area contributed by atoms with Gasteiger partial charge < -0.3 is 104 Å². The van der Waals surface area contributed by atoms with Crippen LogP contribution in [0.25, 0.3) is 0 Å². The first-order chi connectivity index (χ1) is 36.2. The van der Waals surface area contributed by atoms with E-state index in [-0.39, 0.29) is 40.8 Å². The first kappa shape index (κ1) is 61.0. The predicted molar refractivity (Wildman–Crippen MR) is 271 cm³/mol. The lowest BCUT2D eigenvalue weighted by Crippen LogP contribution is -2.71. The summed E-state index contributed by atoms with van der Waals surface area (Å²) in [6, 6.07) is 0. The molecule has 0 unspecified atom stereocenters. The largest absolute Gasteiger partial charge is 0.432 e. The van der Waals surface area contributed by atoms with Crippen molar-refractivity contribution in [2.45, 2.75) is 256 Å². The van der Waals surface area contributed by atoms with E-state index in [9.17, 15) is 66.4 Å². The van der Waals surface area contributed by atoms with Gasteiger partial charge >= 0.3 is 5.97 Å². The van der Waals surface area contributed by atoms with E-state index >= 15 is 4.79 Å². The minimum atomic E-state index is -2.04. The summed E-state index contributed by atoms with van der Waals surface area (Å²) in [7, 11) is 0. The molecule has 13 N–H and O–H groups in total. The summed E-state index contributed by atoms with van der Waals surface area (Å²) in [5, 5.41) is 141. The molecule has 0 aromatic rings. The number of hydrogen-bond donors (Lipinski definition) is 13. The Balaban J connectivity index is 0.929. The van der Waals surface area contributed by atoms with Gasteiger partial charge in [0, 0.05) is 10.8 Å². The van der Waals surface area contributed by atoms with Crippen LogP contribution < -0.4 is 0 Å². The van der Waals surface area contributed by atoms with Gasteiger partial charge in [0.1, 0.15) is 85.5 Å². The summed E-state index contributed by atoms with van der Waals surface area (Å²) in [5.74, 6) is -2.66. The van der Waals surface area contributed by atoms with E-state index in [2.05, 4.69) is 61.5 Å². The van der Waals surface area contributed by atoms with E-state index in [1.807, 2.05) is 0 Å². The van der Waals surface area contributed by atoms with Crippen LogP contribution in [0.1, 0.15) is 133 Å². The van der Waals surface area contributed by atoms with E-state index in [0.29, 0.717) is 44.9 Å². The Kier molecular flexibility index (Phi) is 16.3. The zero-order valence-corrected chi connectivity index (χ0v) is 47.0. The standard InChI is InChI=1S/C56H92O22/c1-26-33(60)38(65)43(69)55(10,77-26)78-42-28(21-57)73-44(41(68)37(42)64)72-23-29-35(62)36(63)40(67)46(74-29)76-47(70)56-19-17-48(2,3)24-52(56,7)31-12-16-53(8)50(5)14-13-32(75-45-39(66)34(61)27(59)22-71-45)49(4,25-58)30(50)11-15-54(53,9)51(31,6)18-20-56/h12,26-30,32-46,57-69H,11,13-25H2,1-10H3/t26-,27-,28+,29+,30-,32-,33-,34-,35+,36-,37+,38+,39+,40+,41+,42+,43+,44+,45-,46-,49-,50-,51+,52+,53+,54-,55-,56+/m0/s1. The molecule has 0 radical (unpaired) electrons. The fourth-order valence-corrected chi connectivity index (χ4v) is 17.7. The number of ether oxygens (including phenoxy) is 8. The van der Waals surface area contributed by atoms with Crippen LogP contribution in [0.4, 0.5) is 0 Å². The molecule has 448 valence electrons. The van der Waals surface area contributed by atoms with Crippen LogP contribution in [0.5, 0.6) is 0 Å². The minimum absolute atomic E-state index is 0.0104. The van der Waals surface area contributed by atoms with Crippen molar-refractivity contribution in [2.75, 3.05) is 26.4 Å². The van der Waals surface area contributed by atoms with Gasteiger partial charge in [-0.1, -0.05) is 67.0 Å². The molecule has 5 aliphatic carbocycles. The Labute approximate surface area is 456 Å². The summed E-state index contributed by atoms with van der Waals surface area (Å²) in [6.07, 6.45) is -20.3. The van der Waals surface area contributed by atoms with Crippen molar-refractivity contribution >= 4 is 5.97 Å². The van der Waals surface area contributed by atoms with Gasteiger partial charge in [-0.2, -0.15) is 0 Å².